The summed E-state index contributed by atoms with van der Waals surface area (Å²) in [6, 6.07) is 8.05. The Morgan fingerprint density at radius 3 is 2.81 bits per heavy atom. The first-order valence-electron chi connectivity index (χ1n) is 9.55. The van der Waals surface area contributed by atoms with Gasteiger partial charge in [-0.3, -0.25) is 4.79 Å². The Hall–Kier alpha value is -1.82. The Kier molecular flexibility index (Phi) is 6.01. The molecule has 1 aromatic carbocycles. The van der Waals surface area contributed by atoms with E-state index in [1.54, 1.807) is 0 Å². The lowest BCUT2D eigenvalue weighted by Crippen LogP contribution is -2.41. The number of hydrogen-bond donors (Lipinski definition) is 1. The number of hydrogen-bond acceptors (Lipinski definition) is 3. The van der Waals surface area contributed by atoms with Crippen molar-refractivity contribution in [3.05, 3.63) is 36.0 Å². The molecule has 3 rings (SSSR count). The molecule has 1 atom stereocenters. The van der Waals surface area contributed by atoms with Crippen LogP contribution in [-0.4, -0.2) is 48.3 Å². The number of aromatic amines is 1. The summed E-state index contributed by atoms with van der Waals surface area (Å²) in [4.78, 5) is 17.9. The largest absolute Gasteiger partial charge is 0.361 e. The maximum atomic E-state index is 12.8. The third kappa shape index (κ3) is 4.47. The topological polar surface area (TPSA) is 70.2 Å². The van der Waals surface area contributed by atoms with Gasteiger partial charge in [-0.25, -0.2) is 8.42 Å². The van der Waals surface area contributed by atoms with Gasteiger partial charge in [0.05, 0.1) is 11.5 Å². The van der Waals surface area contributed by atoms with E-state index in [-0.39, 0.29) is 23.5 Å². The van der Waals surface area contributed by atoms with Crippen LogP contribution >= 0.6 is 0 Å². The molecule has 0 saturated carbocycles. The van der Waals surface area contributed by atoms with E-state index in [9.17, 15) is 13.2 Å². The number of fused-ring (bicyclic) bond motifs is 1. The lowest BCUT2D eigenvalue weighted by molar-refractivity contribution is -0.133. The molecule has 1 unspecified atom stereocenters. The van der Waals surface area contributed by atoms with Gasteiger partial charge in [-0.2, -0.15) is 0 Å². The second-order valence-corrected chi connectivity index (χ2v) is 9.44. The summed E-state index contributed by atoms with van der Waals surface area (Å²) < 4.78 is 23.6. The van der Waals surface area contributed by atoms with E-state index in [2.05, 4.69) is 24.0 Å². The van der Waals surface area contributed by atoms with Gasteiger partial charge in [0.1, 0.15) is 0 Å². The summed E-state index contributed by atoms with van der Waals surface area (Å²) in [5, 5.41) is 1.21. The maximum Gasteiger partial charge on any atom is 0.222 e. The van der Waals surface area contributed by atoms with Crippen molar-refractivity contribution >= 4 is 26.6 Å². The van der Waals surface area contributed by atoms with Crippen LogP contribution in [0, 0.1) is 0 Å². The Labute approximate surface area is 155 Å². The van der Waals surface area contributed by atoms with Crippen LogP contribution in [0.1, 0.15) is 44.6 Å². The number of aryl methyl sites for hydroxylation is 1. The van der Waals surface area contributed by atoms with Crippen molar-refractivity contribution in [2.24, 2.45) is 0 Å². The smallest absolute Gasteiger partial charge is 0.222 e. The minimum atomic E-state index is -2.98. The molecule has 1 saturated heterocycles. The standard InChI is InChI=1S/C20H28N2O3S/c1-2-3-12-22(17-11-13-26(24,25)15-17)20(23)10-6-7-16-14-21-19-9-5-4-8-18(16)19/h4-5,8-9,14,17,21H,2-3,6-7,10-13,15H2,1H3. The summed E-state index contributed by atoms with van der Waals surface area (Å²) in [6.45, 7) is 2.76. The fourth-order valence-corrected chi connectivity index (χ4v) is 5.50. The zero-order valence-electron chi connectivity index (χ0n) is 15.4. The second kappa shape index (κ2) is 8.25. The van der Waals surface area contributed by atoms with Gasteiger partial charge in [0.15, 0.2) is 9.84 Å². The molecule has 0 spiro atoms. The van der Waals surface area contributed by atoms with Crippen LogP contribution in [-0.2, 0) is 21.1 Å². The predicted octanol–water partition coefficient (Wildman–Crippen LogP) is 3.31. The number of H-pyrrole nitrogens is 1. The molecule has 2 heterocycles. The summed E-state index contributed by atoms with van der Waals surface area (Å²) in [5.74, 6) is 0.439. The molecular weight excluding hydrogens is 348 g/mol. The molecule has 1 aliphatic rings. The molecule has 142 valence electrons. The van der Waals surface area contributed by atoms with Crippen LogP contribution in [0.2, 0.25) is 0 Å². The zero-order chi connectivity index (χ0) is 18.6. The molecular formula is C20H28N2O3S. The Morgan fingerprint density at radius 1 is 1.27 bits per heavy atom. The summed E-state index contributed by atoms with van der Waals surface area (Å²) in [6.07, 6.45) is 6.62. The molecule has 5 nitrogen and oxygen atoms in total. The number of carbonyl (C=O) groups is 1. The van der Waals surface area contributed by atoms with Crippen LogP contribution < -0.4 is 0 Å². The van der Waals surface area contributed by atoms with Crippen molar-refractivity contribution < 1.29 is 13.2 Å². The van der Waals surface area contributed by atoms with Gasteiger partial charge in [-0.05, 0) is 37.3 Å². The van der Waals surface area contributed by atoms with Crippen LogP contribution in [0.15, 0.2) is 30.5 Å². The average Bonchev–Trinajstić information content (AvgIpc) is 3.19. The first-order valence-corrected chi connectivity index (χ1v) is 11.4. The van der Waals surface area contributed by atoms with Gasteiger partial charge in [0, 0.05) is 36.1 Å². The molecule has 6 heteroatoms. The van der Waals surface area contributed by atoms with Crippen molar-refractivity contribution in [1.29, 1.82) is 0 Å². The monoisotopic (exact) mass is 376 g/mol. The molecule has 1 aliphatic heterocycles. The lowest BCUT2D eigenvalue weighted by Gasteiger charge is -2.28. The van der Waals surface area contributed by atoms with E-state index in [1.165, 1.54) is 10.9 Å². The minimum absolute atomic E-state index is 0.0976. The van der Waals surface area contributed by atoms with Crippen molar-refractivity contribution in [3.63, 3.8) is 0 Å². The second-order valence-electron chi connectivity index (χ2n) is 7.21. The Morgan fingerprint density at radius 2 is 2.08 bits per heavy atom. The number of para-hydroxylation sites is 1. The quantitative estimate of drug-likeness (QED) is 0.768. The van der Waals surface area contributed by atoms with Gasteiger partial charge >= 0.3 is 0 Å². The number of amides is 1. The highest BCUT2D eigenvalue weighted by molar-refractivity contribution is 7.91. The molecule has 2 aromatic rings. The fraction of sp³-hybridized carbons (Fsp3) is 0.550. The fourth-order valence-electron chi connectivity index (χ4n) is 3.77. The van der Waals surface area contributed by atoms with E-state index in [0.717, 1.165) is 31.2 Å². The van der Waals surface area contributed by atoms with E-state index in [4.69, 9.17) is 0 Å². The maximum absolute atomic E-state index is 12.8. The molecule has 1 N–H and O–H groups in total. The molecule has 0 bridgehead atoms. The van der Waals surface area contributed by atoms with E-state index >= 15 is 0 Å². The zero-order valence-corrected chi connectivity index (χ0v) is 16.2. The van der Waals surface area contributed by atoms with Crippen LogP contribution in [0.25, 0.3) is 10.9 Å². The van der Waals surface area contributed by atoms with E-state index < -0.39 is 9.84 Å². The van der Waals surface area contributed by atoms with Gasteiger partial charge in [-0.1, -0.05) is 31.5 Å². The normalized spacial score (nSPS) is 19.0. The first-order chi connectivity index (χ1) is 12.5. The van der Waals surface area contributed by atoms with Gasteiger partial charge < -0.3 is 9.88 Å². The number of nitrogens with zero attached hydrogens (tertiary/aromatic N) is 1. The average molecular weight is 377 g/mol. The number of aromatic nitrogens is 1. The number of carbonyl (C=O) groups excluding carboxylic acids is 1. The molecule has 1 amide bonds. The van der Waals surface area contributed by atoms with E-state index in [0.29, 0.717) is 19.4 Å². The molecule has 1 fully saturated rings. The highest BCUT2D eigenvalue weighted by atomic mass is 32.2. The summed E-state index contributed by atoms with van der Waals surface area (Å²) in [7, 11) is -2.98. The number of benzene rings is 1. The van der Waals surface area contributed by atoms with Crippen molar-refractivity contribution in [2.75, 3.05) is 18.1 Å². The van der Waals surface area contributed by atoms with E-state index in [1.807, 2.05) is 23.2 Å². The minimum Gasteiger partial charge on any atom is -0.361 e. The molecule has 26 heavy (non-hydrogen) atoms. The van der Waals surface area contributed by atoms with Gasteiger partial charge in [-0.15, -0.1) is 0 Å². The summed E-state index contributed by atoms with van der Waals surface area (Å²) in [5.41, 5.74) is 2.35. The van der Waals surface area contributed by atoms with Crippen molar-refractivity contribution in [1.82, 2.24) is 9.88 Å². The lowest BCUT2D eigenvalue weighted by atomic mass is 10.1. The van der Waals surface area contributed by atoms with Crippen molar-refractivity contribution in [3.8, 4) is 0 Å². The Bertz CT molecular complexity index is 857. The van der Waals surface area contributed by atoms with Gasteiger partial charge in [0.2, 0.25) is 5.91 Å². The molecule has 1 aromatic heterocycles. The highest BCUT2D eigenvalue weighted by Gasteiger charge is 2.34. The van der Waals surface area contributed by atoms with Crippen molar-refractivity contribution in [2.45, 2.75) is 51.5 Å². The number of unbranched alkanes of at least 4 members (excludes halogenated alkanes) is 1. The molecule has 0 aliphatic carbocycles. The highest BCUT2D eigenvalue weighted by Crippen LogP contribution is 2.22. The van der Waals surface area contributed by atoms with Crippen LogP contribution in [0.3, 0.4) is 0 Å². The predicted molar refractivity (Wildman–Crippen MR) is 105 cm³/mol. The molecule has 0 radical (unpaired) electrons. The third-order valence-electron chi connectivity index (χ3n) is 5.23. The SMILES string of the molecule is CCCCN(C(=O)CCCc1c[nH]c2ccccc12)C1CCS(=O)(=O)C1. The number of rotatable bonds is 8. The third-order valence-corrected chi connectivity index (χ3v) is 6.98. The van der Waals surface area contributed by atoms with Gasteiger partial charge in [0.25, 0.3) is 0 Å². The number of sulfone groups is 1. The Balaban J connectivity index is 1.59. The number of nitrogens with one attached hydrogen (secondary N) is 1. The summed E-state index contributed by atoms with van der Waals surface area (Å²) >= 11 is 0. The van der Waals surface area contributed by atoms with Crippen LogP contribution in [0.5, 0.6) is 0 Å². The van der Waals surface area contributed by atoms with Crippen LogP contribution in [0.4, 0.5) is 0 Å². The first kappa shape index (κ1) is 19.0.